The highest BCUT2D eigenvalue weighted by Crippen LogP contribution is 2.28. The molecule has 1 aliphatic rings. The van der Waals surface area contributed by atoms with Gasteiger partial charge in [-0.2, -0.15) is 5.10 Å². The molecule has 1 amide bonds. The van der Waals surface area contributed by atoms with Gasteiger partial charge in [0.25, 0.3) is 5.91 Å². The highest BCUT2D eigenvalue weighted by atomic mass is 35.5. The molecule has 0 aliphatic heterocycles. The van der Waals surface area contributed by atoms with Gasteiger partial charge in [-0.05, 0) is 48.6 Å². The first kappa shape index (κ1) is 25.0. The van der Waals surface area contributed by atoms with E-state index in [0.717, 1.165) is 16.3 Å². The van der Waals surface area contributed by atoms with Gasteiger partial charge in [-0.15, -0.1) is 0 Å². The van der Waals surface area contributed by atoms with Crippen LogP contribution in [0.5, 0.6) is 11.5 Å². The highest BCUT2D eigenvalue weighted by Gasteiger charge is 2.15. The van der Waals surface area contributed by atoms with Gasteiger partial charge >= 0.3 is 0 Å². The van der Waals surface area contributed by atoms with Crippen LogP contribution >= 0.6 is 11.6 Å². The minimum atomic E-state index is -0.597. The lowest BCUT2D eigenvalue weighted by Gasteiger charge is -2.24. The number of ether oxygens (including phenoxy) is 1. The zero-order valence-electron chi connectivity index (χ0n) is 19.4. The molecule has 7 nitrogen and oxygen atoms in total. The van der Waals surface area contributed by atoms with Crippen LogP contribution in [-0.4, -0.2) is 47.6 Å². The lowest BCUT2D eigenvalue weighted by Crippen LogP contribution is -2.38. The van der Waals surface area contributed by atoms with E-state index in [-0.39, 0.29) is 22.9 Å². The zero-order valence-corrected chi connectivity index (χ0v) is 20.2. The number of aliphatic hydroxyl groups excluding tert-OH is 1. The molecule has 1 aliphatic carbocycles. The molecule has 4 rings (SSSR count). The Bertz CT molecular complexity index is 1190. The fourth-order valence-electron chi connectivity index (χ4n) is 4.26. The van der Waals surface area contributed by atoms with Gasteiger partial charge in [0, 0.05) is 29.1 Å². The van der Waals surface area contributed by atoms with Crippen molar-refractivity contribution >= 4 is 34.5 Å². The average molecular weight is 496 g/mol. The zero-order chi connectivity index (χ0) is 24.6. The molecule has 0 radical (unpaired) electrons. The molecule has 8 heteroatoms. The molecule has 1 fully saturated rings. The van der Waals surface area contributed by atoms with Gasteiger partial charge in [0.15, 0.2) is 0 Å². The molecule has 3 aromatic carbocycles. The van der Waals surface area contributed by atoms with Crippen LogP contribution in [0.3, 0.4) is 0 Å². The number of hydrogen-bond donors (Lipinski definition) is 4. The maximum atomic E-state index is 12.3. The third-order valence-corrected chi connectivity index (χ3v) is 6.48. The largest absolute Gasteiger partial charge is 0.506 e. The van der Waals surface area contributed by atoms with E-state index in [4.69, 9.17) is 16.3 Å². The molecule has 1 unspecified atom stereocenters. The van der Waals surface area contributed by atoms with Crippen LogP contribution in [0, 0.1) is 0 Å². The average Bonchev–Trinajstić information content (AvgIpc) is 2.89. The molecule has 4 N–H and O–H groups in total. The number of hydrazone groups is 1. The van der Waals surface area contributed by atoms with Gasteiger partial charge in [-0.1, -0.05) is 55.1 Å². The normalized spacial score (nSPS) is 15.4. The number of carbonyl (C=O) groups excluding carboxylic acids is 1. The molecule has 1 saturated carbocycles. The number of benzene rings is 3. The molecular weight excluding hydrogens is 466 g/mol. The maximum Gasteiger partial charge on any atom is 0.271 e. The van der Waals surface area contributed by atoms with Gasteiger partial charge in [0.1, 0.15) is 24.2 Å². The molecule has 35 heavy (non-hydrogen) atoms. The Morgan fingerprint density at radius 2 is 1.89 bits per heavy atom. The van der Waals surface area contributed by atoms with E-state index in [1.165, 1.54) is 50.3 Å². The number of phenols is 1. The minimum absolute atomic E-state index is 0.0894. The van der Waals surface area contributed by atoms with E-state index in [0.29, 0.717) is 18.3 Å². The predicted molar refractivity (Wildman–Crippen MR) is 139 cm³/mol. The molecule has 0 heterocycles. The van der Waals surface area contributed by atoms with Crippen molar-refractivity contribution in [2.75, 3.05) is 13.2 Å². The molecule has 0 aromatic heterocycles. The van der Waals surface area contributed by atoms with Gasteiger partial charge in [-0.3, -0.25) is 4.79 Å². The van der Waals surface area contributed by atoms with Crippen LogP contribution in [-0.2, 0) is 0 Å². The number of nitrogens with one attached hydrogen (secondary N) is 2. The minimum Gasteiger partial charge on any atom is -0.506 e. The number of aliphatic hydroxyl groups is 1. The number of amides is 1. The number of hydrogen-bond acceptors (Lipinski definition) is 6. The third-order valence-electron chi connectivity index (χ3n) is 6.18. The number of aromatic hydroxyl groups is 1. The first-order chi connectivity index (χ1) is 17.0. The second-order valence-corrected chi connectivity index (χ2v) is 9.18. The Kier molecular flexibility index (Phi) is 8.58. The third kappa shape index (κ3) is 6.72. The summed E-state index contributed by atoms with van der Waals surface area (Å²) in [5.74, 6) is 0.147. The van der Waals surface area contributed by atoms with Crippen LogP contribution in [0.25, 0.3) is 10.8 Å². The van der Waals surface area contributed by atoms with Crippen molar-refractivity contribution in [3.63, 3.8) is 0 Å². The molecule has 0 bridgehead atoms. The van der Waals surface area contributed by atoms with E-state index in [1.54, 1.807) is 6.21 Å². The summed E-state index contributed by atoms with van der Waals surface area (Å²) in [4.78, 5) is 12.3. The molecule has 0 saturated heterocycles. The lowest BCUT2D eigenvalue weighted by molar-refractivity contribution is 0.0955. The van der Waals surface area contributed by atoms with E-state index >= 15 is 0 Å². The first-order valence-corrected chi connectivity index (χ1v) is 12.3. The van der Waals surface area contributed by atoms with Crippen LogP contribution < -0.4 is 15.5 Å². The van der Waals surface area contributed by atoms with Gasteiger partial charge < -0.3 is 20.3 Å². The van der Waals surface area contributed by atoms with Crippen molar-refractivity contribution in [2.45, 2.75) is 44.2 Å². The van der Waals surface area contributed by atoms with Gasteiger partial charge in [-0.25, -0.2) is 5.43 Å². The van der Waals surface area contributed by atoms with Gasteiger partial charge in [0.05, 0.1) is 11.2 Å². The van der Waals surface area contributed by atoms with E-state index in [2.05, 4.69) is 15.8 Å². The number of rotatable bonds is 9. The summed E-state index contributed by atoms with van der Waals surface area (Å²) in [7, 11) is 0. The number of nitrogens with zero attached hydrogens (tertiary/aromatic N) is 1. The molecular formula is C27H30ClN3O4. The fourth-order valence-corrected chi connectivity index (χ4v) is 4.44. The summed E-state index contributed by atoms with van der Waals surface area (Å²) in [6.07, 6.45) is 7.11. The quantitative estimate of drug-likeness (QED) is 0.256. The Morgan fingerprint density at radius 1 is 1.11 bits per heavy atom. The molecule has 1 atom stereocenters. The monoisotopic (exact) mass is 495 g/mol. The number of carbonyl (C=O) groups is 1. The summed E-state index contributed by atoms with van der Waals surface area (Å²) in [6, 6.07) is 16.1. The van der Waals surface area contributed by atoms with Gasteiger partial charge in [0.2, 0.25) is 0 Å². The maximum absolute atomic E-state index is 12.3. The summed E-state index contributed by atoms with van der Waals surface area (Å²) < 4.78 is 5.96. The van der Waals surface area contributed by atoms with Crippen molar-refractivity contribution in [3.05, 3.63) is 70.7 Å². The number of halogens is 1. The van der Waals surface area contributed by atoms with Crippen molar-refractivity contribution in [1.29, 1.82) is 0 Å². The standard InChI is InChI=1S/C27H30ClN3O4/c28-24-14-18(10-12-25(24)33)27(34)31-30-15-19-11-13-26(23-9-5-4-8-22(19)23)35-17-21(32)16-29-20-6-2-1-3-7-20/h4-5,8-15,20-21,29,32-33H,1-3,6-7,16-17H2,(H,31,34)/b30-15+. The Morgan fingerprint density at radius 3 is 2.66 bits per heavy atom. The van der Waals surface area contributed by atoms with Crippen molar-refractivity contribution in [3.8, 4) is 11.5 Å². The number of phenolic OH excluding ortho intramolecular Hbond substituents is 1. The van der Waals surface area contributed by atoms with Crippen LogP contribution in [0.4, 0.5) is 0 Å². The highest BCUT2D eigenvalue weighted by molar-refractivity contribution is 6.32. The Balaban J connectivity index is 1.37. The number of fused-ring (bicyclic) bond motifs is 1. The van der Waals surface area contributed by atoms with Crippen molar-refractivity contribution in [2.24, 2.45) is 5.10 Å². The van der Waals surface area contributed by atoms with Crippen molar-refractivity contribution < 1.29 is 19.7 Å². The second-order valence-electron chi connectivity index (χ2n) is 8.77. The molecule has 0 spiro atoms. The molecule has 3 aromatic rings. The van der Waals surface area contributed by atoms with E-state index < -0.39 is 12.0 Å². The Hall–Kier alpha value is -3.13. The van der Waals surface area contributed by atoms with Crippen LogP contribution in [0.15, 0.2) is 59.7 Å². The predicted octanol–water partition coefficient (Wildman–Crippen LogP) is 4.62. The SMILES string of the molecule is O=C(N/N=C/c1ccc(OCC(O)CNC2CCCCC2)c2ccccc12)c1ccc(O)c(Cl)c1. The van der Waals surface area contributed by atoms with Crippen molar-refractivity contribution in [1.82, 2.24) is 10.7 Å². The second kappa shape index (κ2) is 12.0. The summed E-state index contributed by atoms with van der Waals surface area (Å²) in [5, 5.41) is 29.3. The lowest BCUT2D eigenvalue weighted by atomic mass is 9.95. The van der Waals surface area contributed by atoms with E-state index in [9.17, 15) is 15.0 Å². The van der Waals surface area contributed by atoms with Crippen LogP contribution in [0.1, 0.15) is 48.0 Å². The smallest absolute Gasteiger partial charge is 0.271 e. The van der Waals surface area contributed by atoms with E-state index in [1.807, 2.05) is 36.4 Å². The topological polar surface area (TPSA) is 103 Å². The summed E-state index contributed by atoms with van der Waals surface area (Å²) in [6.45, 7) is 0.710. The Labute approximate surface area is 209 Å². The first-order valence-electron chi connectivity index (χ1n) is 11.9. The molecule has 184 valence electrons. The fraction of sp³-hybridized carbons (Fsp3) is 0.333. The summed E-state index contributed by atoms with van der Waals surface area (Å²) >= 11 is 5.87. The summed E-state index contributed by atoms with van der Waals surface area (Å²) in [5.41, 5.74) is 3.56. The van der Waals surface area contributed by atoms with Crippen LogP contribution in [0.2, 0.25) is 5.02 Å².